The van der Waals surface area contributed by atoms with Crippen molar-refractivity contribution < 1.29 is 0 Å². The van der Waals surface area contributed by atoms with Gasteiger partial charge in [-0.15, -0.1) is 0 Å². The third-order valence-corrected chi connectivity index (χ3v) is 23.9. The Morgan fingerprint density at radius 3 is 0.894 bits per heavy atom. The first-order chi connectivity index (χ1) is 50.5. The van der Waals surface area contributed by atoms with Gasteiger partial charge < -0.3 is 9.80 Å². The highest BCUT2D eigenvalue weighted by atomic mass is 15.1. The van der Waals surface area contributed by atoms with Gasteiger partial charge in [-0.25, -0.2) is 0 Å². The molecule has 15 aromatic rings. The maximum atomic E-state index is 2.46. The van der Waals surface area contributed by atoms with Crippen LogP contribution in [0.15, 0.2) is 315 Å². The van der Waals surface area contributed by atoms with Crippen molar-refractivity contribution in [2.24, 2.45) is 0 Å². The molecule has 2 heteroatoms. The Bertz CT molecular complexity index is 5700. The number of hydrogen-bond donors (Lipinski definition) is 0. The minimum Gasteiger partial charge on any atom is -0.310 e. The van der Waals surface area contributed by atoms with Crippen molar-refractivity contribution in [1.82, 2.24) is 0 Å². The highest BCUT2D eigenvalue weighted by Gasteiger charge is 2.40. The fraction of sp³-hybridized carbons (Fsp3) is 0.118. The van der Waals surface area contributed by atoms with Crippen LogP contribution in [0.25, 0.3) is 113 Å². The molecule has 0 atom stereocenters. The summed E-state index contributed by atoms with van der Waals surface area (Å²) in [5.41, 5.74) is 37.4. The van der Waals surface area contributed by atoms with Gasteiger partial charge in [-0.05, 0) is 217 Å². The summed E-state index contributed by atoms with van der Waals surface area (Å²) in [7, 11) is 0. The molecule has 0 heterocycles. The Labute approximate surface area is 611 Å². The van der Waals surface area contributed by atoms with E-state index in [0.29, 0.717) is 0 Å². The third kappa shape index (κ3) is 10.0. The molecule has 4 aliphatic rings. The van der Waals surface area contributed by atoms with Crippen molar-refractivity contribution in [3.63, 3.8) is 0 Å². The number of fused-ring (bicyclic) bond motifs is 14. The molecule has 0 spiro atoms. The minimum atomic E-state index is -0.234. The van der Waals surface area contributed by atoms with E-state index in [0.717, 1.165) is 45.3 Å². The standard InChI is InChI=1S/C102H80N2/c1-99(2)89-27-15-13-25-81(89)85-55-45-73(61-93(85)99)69-41-47-75(48-42-69)103(97-29-17-21-71-19-9-11-23-79(71)97)77-51-57-87-83-53-39-67(59-91(83)101(5,6)95(87)63-77)37-35-65-31-33-66(34-32-65)36-38-68-40-54-84-88-58-52-78(64-96(88)102(7,8)92(84)60-68)104(98-30-18-22-72-20-10-12-24-80(72)98)76-49-43-70(44-50-76)74-46-56-86-82-26-14-16-28-90(82)100(3,4)94(86)62-74/h9-64H,1-8H3. The number of anilines is 6. The van der Waals surface area contributed by atoms with Crippen LogP contribution < -0.4 is 9.80 Å². The van der Waals surface area contributed by atoms with Crippen LogP contribution in [-0.4, -0.2) is 0 Å². The molecule has 498 valence electrons. The van der Waals surface area contributed by atoms with Gasteiger partial charge in [-0.1, -0.05) is 322 Å². The number of benzene rings is 15. The first kappa shape index (κ1) is 62.9. The van der Waals surface area contributed by atoms with Crippen molar-refractivity contribution in [2.75, 3.05) is 9.80 Å². The van der Waals surface area contributed by atoms with Crippen LogP contribution in [0.5, 0.6) is 0 Å². The second-order valence-electron chi connectivity index (χ2n) is 31.3. The molecule has 0 bridgehead atoms. The zero-order valence-corrected chi connectivity index (χ0v) is 60.2. The highest BCUT2D eigenvalue weighted by Crippen LogP contribution is 2.56. The van der Waals surface area contributed by atoms with Crippen molar-refractivity contribution in [3.8, 4) is 66.8 Å². The molecule has 0 saturated carbocycles. The lowest BCUT2D eigenvalue weighted by molar-refractivity contribution is 0.660. The van der Waals surface area contributed by atoms with E-state index in [1.807, 2.05) is 0 Å². The minimum absolute atomic E-state index is 0.0606. The van der Waals surface area contributed by atoms with Crippen LogP contribution >= 0.6 is 0 Å². The maximum absolute atomic E-state index is 2.46. The second kappa shape index (κ2) is 23.7. The van der Waals surface area contributed by atoms with Crippen molar-refractivity contribution in [3.05, 3.63) is 382 Å². The predicted octanol–water partition coefficient (Wildman–Crippen LogP) is 27.8. The average molecular weight is 1330 g/mol. The highest BCUT2D eigenvalue weighted by molar-refractivity contribution is 6.02. The van der Waals surface area contributed by atoms with E-state index in [-0.39, 0.29) is 21.7 Å². The zero-order chi connectivity index (χ0) is 70.4. The first-order valence-corrected chi connectivity index (χ1v) is 36.9. The quantitative estimate of drug-likeness (QED) is 0.113. The summed E-state index contributed by atoms with van der Waals surface area (Å²) in [4.78, 5) is 4.92. The monoisotopic (exact) mass is 1330 g/mol. The van der Waals surface area contributed by atoms with Crippen LogP contribution in [0.1, 0.15) is 122 Å². The largest absolute Gasteiger partial charge is 0.310 e. The van der Waals surface area contributed by atoms with Gasteiger partial charge >= 0.3 is 0 Å². The van der Waals surface area contributed by atoms with Crippen LogP contribution in [0.2, 0.25) is 0 Å². The molecule has 15 aromatic carbocycles. The smallest absolute Gasteiger partial charge is 0.0540 e. The SMILES string of the molecule is CC1(C)c2ccccc2-c2ccc(-c3ccc(N(c4ccc5c(c4)C(C)(C)c4cc(C=Cc6ccc(C=Cc7ccc8c(c7)C(C)(C)c7cc(N(c9ccc(-c%10ccc%11c(c%10)C(C)(C)c%10ccccc%10-%11)cc9)c9cccc%10ccccc9%10)ccc7-8)cc6)ccc4-5)c4cccc5ccccc45)cc3)cc21. The Morgan fingerprint density at radius 1 is 0.202 bits per heavy atom. The summed E-state index contributed by atoms with van der Waals surface area (Å²) >= 11 is 0. The summed E-state index contributed by atoms with van der Waals surface area (Å²) in [6.45, 7) is 19.0. The molecule has 2 nitrogen and oxygen atoms in total. The molecule has 0 aromatic heterocycles. The van der Waals surface area contributed by atoms with Crippen LogP contribution in [0.4, 0.5) is 34.1 Å². The predicted molar refractivity (Wildman–Crippen MR) is 443 cm³/mol. The second-order valence-corrected chi connectivity index (χ2v) is 31.3. The molecular formula is C102H80N2. The Morgan fingerprint density at radius 2 is 0.481 bits per heavy atom. The van der Waals surface area contributed by atoms with E-state index in [2.05, 4.69) is 405 Å². The molecule has 0 fully saturated rings. The Kier molecular flexibility index (Phi) is 14.4. The number of rotatable bonds is 12. The summed E-state index contributed by atoms with van der Waals surface area (Å²) in [5.74, 6) is 0. The fourth-order valence-corrected chi connectivity index (χ4v) is 18.1. The van der Waals surface area contributed by atoms with Gasteiger partial charge in [0.1, 0.15) is 0 Å². The Balaban J connectivity index is 0.560. The van der Waals surface area contributed by atoms with Crippen LogP contribution in [-0.2, 0) is 21.7 Å². The lowest BCUT2D eigenvalue weighted by atomic mass is 9.81. The average Bonchev–Trinajstić information content (AvgIpc) is 1.57. The molecule has 19 rings (SSSR count). The van der Waals surface area contributed by atoms with Gasteiger partial charge in [-0.3, -0.25) is 0 Å². The van der Waals surface area contributed by atoms with Gasteiger partial charge in [0.05, 0.1) is 11.4 Å². The maximum Gasteiger partial charge on any atom is 0.0540 e. The summed E-state index contributed by atoms with van der Waals surface area (Å²) < 4.78 is 0. The van der Waals surface area contributed by atoms with E-state index in [9.17, 15) is 0 Å². The van der Waals surface area contributed by atoms with Gasteiger partial charge in [0.15, 0.2) is 0 Å². The van der Waals surface area contributed by atoms with Gasteiger partial charge in [0.2, 0.25) is 0 Å². The number of nitrogens with zero attached hydrogens (tertiary/aromatic N) is 2. The van der Waals surface area contributed by atoms with Gasteiger partial charge in [0.25, 0.3) is 0 Å². The molecule has 0 amide bonds. The normalized spacial score (nSPS) is 14.8. The third-order valence-electron chi connectivity index (χ3n) is 23.9. The summed E-state index contributed by atoms with van der Waals surface area (Å²) in [6, 6.07) is 118. The molecule has 104 heavy (non-hydrogen) atoms. The molecule has 0 aliphatic heterocycles. The lowest BCUT2D eigenvalue weighted by Gasteiger charge is -2.29. The summed E-state index contributed by atoms with van der Waals surface area (Å²) in [6.07, 6.45) is 9.04. The number of hydrogen-bond acceptors (Lipinski definition) is 2. The fourth-order valence-electron chi connectivity index (χ4n) is 18.1. The van der Waals surface area contributed by atoms with Gasteiger partial charge in [0, 0.05) is 55.2 Å². The molecule has 4 aliphatic carbocycles. The topological polar surface area (TPSA) is 6.48 Å². The van der Waals surface area contributed by atoms with Gasteiger partial charge in [-0.2, -0.15) is 0 Å². The van der Waals surface area contributed by atoms with E-state index in [4.69, 9.17) is 0 Å². The molecular weight excluding hydrogens is 1250 g/mol. The van der Waals surface area contributed by atoms with E-state index in [1.165, 1.54) is 144 Å². The Hall–Kier alpha value is -12.1. The van der Waals surface area contributed by atoms with E-state index >= 15 is 0 Å². The van der Waals surface area contributed by atoms with Crippen LogP contribution in [0.3, 0.4) is 0 Å². The molecule has 0 unspecified atom stereocenters. The first-order valence-electron chi connectivity index (χ1n) is 36.9. The zero-order valence-electron chi connectivity index (χ0n) is 60.2. The molecule has 0 saturated heterocycles. The van der Waals surface area contributed by atoms with Crippen molar-refractivity contribution in [1.29, 1.82) is 0 Å². The van der Waals surface area contributed by atoms with E-state index < -0.39 is 0 Å². The lowest BCUT2D eigenvalue weighted by Crippen LogP contribution is -2.17. The van der Waals surface area contributed by atoms with Crippen LogP contribution in [0, 0.1) is 0 Å². The molecule has 0 radical (unpaired) electrons. The van der Waals surface area contributed by atoms with Crippen molar-refractivity contribution in [2.45, 2.75) is 77.0 Å². The molecule has 0 N–H and O–H groups in total. The summed E-state index contributed by atoms with van der Waals surface area (Å²) in [5, 5.41) is 4.87. The van der Waals surface area contributed by atoms with Crippen molar-refractivity contribution >= 4 is 80.0 Å². The van der Waals surface area contributed by atoms with E-state index in [1.54, 1.807) is 0 Å².